The van der Waals surface area contributed by atoms with Gasteiger partial charge in [-0.1, -0.05) is 54.2 Å². The van der Waals surface area contributed by atoms with Crippen molar-refractivity contribution in [2.45, 2.75) is 17.1 Å². The molecule has 0 aliphatic carbocycles. The average molecular weight is 477 g/mol. The van der Waals surface area contributed by atoms with Gasteiger partial charge >= 0.3 is 0 Å². The van der Waals surface area contributed by atoms with Crippen LogP contribution in [-0.2, 0) is 5.75 Å². The molecule has 0 saturated carbocycles. The SMILES string of the molecule is COc1cccc([C@H]2Nc3ccccc3-c3nnc(SCc4ccccc4F)nc3O2)c1OC. The molecule has 0 fully saturated rings. The lowest BCUT2D eigenvalue weighted by Crippen LogP contribution is -2.18. The van der Waals surface area contributed by atoms with Gasteiger partial charge in [-0.2, -0.15) is 4.98 Å². The van der Waals surface area contributed by atoms with Gasteiger partial charge in [0.25, 0.3) is 0 Å². The molecule has 7 nitrogen and oxygen atoms in total. The average Bonchev–Trinajstić information content (AvgIpc) is 3.04. The number of nitrogens with one attached hydrogen (secondary N) is 1. The molecule has 2 heterocycles. The van der Waals surface area contributed by atoms with E-state index in [4.69, 9.17) is 14.2 Å². The lowest BCUT2D eigenvalue weighted by molar-refractivity contribution is 0.218. The molecular weight excluding hydrogens is 455 g/mol. The Labute approximate surface area is 200 Å². The van der Waals surface area contributed by atoms with Gasteiger partial charge in [0.2, 0.25) is 17.3 Å². The third-order valence-electron chi connectivity index (χ3n) is 5.36. The van der Waals surface area contributed by atoms with E-state index in [1.807, 2.05) is 42.5 Å². The van der Waals surface area contributed by atoms with Gasteiger partial charge in [0, 0.05) is 17.0 Å². The van der Waals surface area contributed by atoms with Gasteiger partial charge in [0.05, 0.1) is 19.8 Å². The van der Waals surface area contributed by atoms with Crippen LogP contribution in [-0.4, -0.2) is 29.4 Å². The van der Waals surface area contributed by atoms with E-state index in [1.165, 1.54) is 17.8 Å². The number of benzene rings is 3. The minimum atomic E-state index is -0.631. The highest BCUT2D eigenvalue weighted by Gasteiger charge is 2.29. The number of anilines is 1. The van der Waals surface area contributed by atoms with E-state index in [2.05, 4.69) is 20.5 Å². The van der Waals surface area contributed by atoms with Gasteiger partial charge in [-0.15, -0.1) is 10.2 Å². The van der Waals surface area contributed by atoms with Crippen LogP contribution < -0.4 is 19.5 Å². The summed E-state index contributed by atoms with van der Waals surface area (Å²) in [4.78, 5) is 4.62. The number of para-hydroxylation sites is 2. The highest BCUT2D eigenvalue weighted by Crippen LogP contribution is 2.43. The Balaban J connectivity index is 1.53. The van der Waals surface area contributed by atoms with E-state index in [0.717, 1.165) is 16.8 Å². The first-order valence-corrected chi connectivity index (χ1v) is 11.5. The van der Waals surface area contributed by atoms with E-state index >= 15 is 0 Å². The van der Waals surface area contributed by atoms with Crippen LogP contribution >= 0.6 is 11.8 Å². The van der Waals surface area contributed by atoms with Crippen molar-refractivity contribution in [1.82, 2.24) is 15.2 Å². The molecule has 0 spiro atoms. The standard InChI is InChI=1S/C25H21FN4O3S/c1-31-20-13-7-10-17(22(20)32-2)23-27-19-12-6-4-9-16(19)21-24(33-23)28-25(30-29-21)34-14-15-8-3-5-11-18(15)26/h3-13,23,27H,14H2,1-2H3/t23-/m0/s1. The number of nitrogens with zero attached hydrogens (tertiary/aromatic N) is 3. The molecule has 0 radical (unpaired) electrons. The first kappa shape index (κ1) is 22.0. The van der Waals surface area contributed by atoms with Crippen molar-refractivity contribution in [2.75, 3.05) is 19.5 Å². The van der Waals surface area contributed by atoms with Crippen LogP contribution in [0.15, 0.2) is 71.9 Å². The first-order valence-electron chi connectivity index (χ1n) is 10.5. The molecule has 4 aromatic rings. The number of rotatable bonds is 6. The monoisotopic (exact) mass is 476 g/mol. The number of thioether (sulfide) groups is 1. The smallest absolute Gasteiger partial charge is 0.247 e. The minimum Gasteiger partial charge on any atom is -0.493 e. The molecule has 34 heavy (non-hydrogen) atoms. The van der Waals surface area contributed by atoms with Crippen LogP contribution in [0.1, 0.15) is 17.4 Å². The number of methoxy groups -OCH3 is 2. The maximum atomic E-state index is 14.0. The van der Waals surface area contributed by atoms with Crippen molar-refractivity contribution in [2.24, 2.45) is 0 Å². The normalized spacial score (nSPS) is 14.1. The number of aromatic nitrogens is 3. The molecule has 0 amide bonds. The molecule has 3 aromatic carbocycles. The Hall–Kier alpha value is -3.85. The van der Waals surface area contributed by atoms with Gasteiger partial charge in [-0.3, -0.25) is 0 Å². The fraction of sp³-hybridized carbons (Fsp3) is 0.160. The molecule has 1 atom stereocenters. The van der Waals surface area contributed by atoms with Crippen molar-refractivity contribution in [3.05, 3.63) is 83.7 Å². The zero-order valence-electron chi connectivity index (χ0n) is 18.5. The number of hydrogen-bond donors (Lipinski definition) is 1. The van der Waals surface area contributed by atoms with E-state index in [9.17, 15) is 4.39 Å². The molecular formula is C25H21FN4O3S. The van der Waals surface area contributed by atoms with Gasteiger partial charge in [-0.25, -0.2) is 4.39 Å². The number of fused-ring (bicyclic) bond motifs is 3. The van der Waals surface area contributed by atoms with Gasteiger partial charge in [0.15, 0.2) is 17.2 Å². The Morgan fingerprint density at radius 1 is 0.971 bits per heavy atom. The molecule has 0 saturated heterocycles. The summed E-state index contributed by atoms with van der Waals surface area (Å²) in [5.74, 6) is 1.56. The summed E-state index contributed by atoms with van der Waals surface area (Å²) in [6.07, 6.45) is -0.631. The van der Waals surface area contributed by atoms with E-state index in [0.29, 0.717) is 39.5 Å². The molecule has 1 aliphatic heterocycles. The molecule has 1 aliphatic rings. The molecule has 0 bridgehead atoms. The maximum absolute atomic E-state index is 14.0. The molecule has 1 N–H and O–H groups in total. The summed E-state index contributed by atoms with van der Waals surface area (Å²) < 4.78 is 31.5. The van der Waals surface area contributed by atoms with Crippen LogP contribution in [0.2, 0.25) is 0 Å². The fourth-order valence-electron chi connectivity index (χ4n) is 3.73. The van der Waals surface area contributed by atoms with Gasteiger partial charge < -0.3 is 19.5 Å². The lowest BCUT2D eigenvalue weighted by atomic mass is 10.1. The zero-order chi connectivity index (χ0) is 23.5. The van der Waals surface area contributed by atoms with E-state index < -0.39 is 6.23 Å². The van der Waals surface area contributed by atoms with E-state index in [-0.39, 0.29) is 5.82 Å². The molecule has 172 valence electrons. The summed E-state index contributed by atoms with van der Waals surface area (Å²) >= 11 is 1.29. The van der Waals surface area contributed by atoms with Crippen molar-refractivity contribution in [3.8, 4) is 28.6 Å². The highest BCUT2D eigenvalue weighted by molar-refractivity contribution is 7.98. The third-order valence-corrected chi connectivity index (χ3v) is 6.25. The summed E-state index contributed by atoms with van der Waals surface area (Å²) in [5, 5.41) is 12.5. The Morgan fingerprint density at radius 2 is 1.79 bits per heavy atom. The lowest BCUT2D eigenvalue weighted by Gasteiger charge is -2.22. The fourth-order valence-corrected chi connectivity index (χ4v) is 4.49. The third kappa shape index (κ3) is 4.22. The minimum absolute atomic E-state index is 0.266. The summed E-state index contributed by atoms with van der Waals surface area (Å²) in [6.45, 7) is 0. The molecule has 5 rings (SSSR count). The molecule has 1 aromatic heterocycles. The number of ether oxygens (including phenoxy) is 3. The highest BCUT2D eigenvalue weighted by atomic mass is 32.2. The first-order chi connectivity index (χ1) is 16.7. The number of hydrogen-bond acceptors (Lipinski definition) is 8. The predicted octanol–water partition coefficient (Wildman–Crippen LogP) is 5.49. The van der Waals surface area contributed by atoms with Crippen molar-refractivity contribution < 1.29 is 18.6 Å². The van der Waals surface area contributed by atoms with Crippen LogP contribution in [0.3, 0.4) is 0 Å². The number of halogens is 1. The second-order valence-electron chi connectivity index (χ2n) is 7.40. The van der Waals surface area contributed by atoms with Crippen molar-refractivity contribution in [1.29, 1.82) is 0 Å². The Kier molecular flexibility index (Phi) is 6.18. The second kappa shape index (κ2) is 9.56. The Morgan fingerprint density at radius 3 is 2.62 bits per heavy atom. The van der Waals surface area contributed by atoms with Crippen molar-refractivity contribution >= 4 is 17.4 Å². The van der Waals surface area contributed by atoms with E-state index in [1.54, 1.807) is 32.4 Å². The zero-order valence-corrected chi connectivity index (χ0v) is 19.3. The molecule has 9 heteroatoms. The quantitative estimate of drug-likeness (QED) is 0.366. The second-order valence-corrected chi connectivity index (χ2v) is 8.34. The largest absolute Gasteiger partial charge is 0.493 e. The topological polar surface area (TPSA) is 78.4 Å². The van der Waals surface area contributed by atoms with Gasteiger partial charge in [-0.05, 0) is 29.8 Å². The summed E-state index contributed by atoms with van der Waals surface area (Å²) in [5.41, 5.74) is 3.45. The molecule has 0 unspecified atom stereocenters. The van der Waals surface area contributed by atoms with Gasteiger partial charge in [0.1, 0.15) is 5.82 Å². The predicted molar refractivity (Wildman–Crippen MR) is 128 cm³/mol. The van der Waals surface area contributed by atoms with Crippen LogP contribution in [0.5, 0.6) is 17.4 Å². The summed E-state index contributed by atoms with van der Waals surface area (Å²) in [6, 6.07) is 19.9. The van der Waals surface area contributed by atoms with Crippen molar-refractivity contribution in [3.63, 3.8) is 0 Å². The summed E-state index contributed by atoms with van der Waals surface area (Å²) in [7, 11) is 3.17. The Bertz CT molecular complexity index is 1340. The van der Waals surface area contributed by atoms with Crippen LogP contribution in [0, 0.1) is 5.82 Å². The maximum Gasteiger partial charge on any atom is 0.247 e. The van der Waals surface area contributed by atoms with Crippen LogP contribution in [0.4, 0.5) is 10.1 Å². The van der Waals surface area contributed by atoms with Crippen LogP contribution in [0.25, 0.3) is 11.3 Å².